The van der Waals surface area contributed by atoms with E-state index in [1.165, 1.54) is 24.3 Å². The SMILES string of the molecule is COc1ccc(C(=O)Nc2ccc(S(N)(=O)=O)cc2)cc1CSc1ccccc1. The molecule has 0 spiro atoms. The first-order valence-electron chi connectivity index (χ1n) is 8.66. The van der Waals surface area contributed by atoms with Crippen molar-refractivity contribution in [1.29, 1.82) is 0 Å². The molecule has 0 saturated carbocycles. The van der Waals surface area contributed by atoms with Gasteiger partial charge in [0.15, 0.2) is 0 Å². The lowest BCUT2D eigenvalue weighted by Gasteiger charge is -2.11. The van der Waals surface area contributed by atoms with Gasteiger partial charge in [-0.05, 0) is 54.6 Å². The van der Waals surface area contributed by atoms with Gasteiger partial charge < -0.3 is 10.1 Å². The number of nitrogens with one attached hydrogen (secondary N) is 1. The molecular weight excluding hydrogens is 408 g/mol. The lowest BCUT2D eigenvalue weighted by atomic mass is 10.1. The van der Waals surface area contributed by atoms with Gasteiger partial charge in [-0.25, -0.2) is 13.6 Å². The zero-order valence-corrected chi connectivity index (χ0v) is 17.3. The number of carbonyl (C=O) groups excluding carboxylic acids is 1. The molecule has 0 bridgehead atoms. The van der Waals surface area contributed by atoms with Gasteiger partial charge in [0.05, 0.1) is 12.0 Å². The van der Waals surface area contributed by atoms with Crippen LogP contribution in [-0.4, -0.2) is 21.4 Å². The van der Waals surface area contributed by atoms with E-state index in [0.717, 1.165) is 10.5 Å². The summed E-state index contributed by atoms with van der Waals surface area (Å²) in [6.45, 7) is 0. The molecule has 3 aromatic carbocycles. The van der Waals surface area contributed by atoms with Crippen LogP contribution in [0.25, 0.3) is 0 Å². The second-order valence-electron chi connectivity index (χ2n) is 6.15. The maximum Gasteiger partial charge on any atom is 0.255 e. The number of carbonyl (C=O) groups is 1. The number of primary sulfonamides is 1. The minimum Gasteiger partial charge on any atom is -0.496 e. The fourth-order valence-corrected chi connectivity index (χ4v) is 4.05. The van der Waals surface area contributed by atoms with Gasteiger partial charge in [-0.2, -0.15) is 0 Å². The second kappa shape index (κ2) is 9.13. The van der Waals surface area contributed by atoms with Crippen molar-refractivity contribution in [3.8, 4) is 5.75 Å². The van der Waals surface area contributed by atoms with E-state index in [-0.39, 0.29) is 10.8 Å². The van der Waals surface area contributed by atoms with E-state index in [1.54, 1.807) is 37.1 Å². The Balaban J connectivity index is 1.75. The molecule has 150 valence electrons. The third-order valence-corrected chi connectivity index (χ3v) is 6.11. The maximum atomic E-state index is 12.6. The van der Waals surface area contributed by atoms with Gasteiger partial charge >= 0.3 is 0 Å². The monoisotopic (exact) mass is 428 g/mol. The average molecular weight is 429 g/mol. The molecule has 1 amide bonds. The minimum atomic E-state index is -3.77. The summed E-state index contributed by atoms with van der Waals surface area (Å²) < 4.78 is 28.1. The van der Waals surface area contributed by atoms with Gasteiger partial charge in [0.2, 0.25) is 10.0 Å². The molecule has 3 rings (SSSR count). The Morgan fingerprint density at radius 3 is 2.34 bits per heavy atom. The quantitative estimate of drug-likeness (QED) is 0.557. The standard InChI is InChI=1S/C21H20N2O4S2/c1-27-20-12-7-15(13-16(20)14-28-18-5-3-2-4-6-18)21(24)23-17-8-10-19(11-9-17)29(22,25)26/h2-13H,14H2,1H3,(H,23,24)(H2,22,25,26). The summed E-state index contributed by atoms with van der Waals surface area (Å²) >= 11 is 1.65. The number of methoxy groups -OCH3 is 1. The molecule has 8 heteroatoms. The summed E-state index contributed by atoms with van der Waals surface area (Å²) in [5.41, 5.74) is 1.85. The number of hydrogen-bond donors (Lipinski definition) is 2. The summed E-state index contributed by atoms with van der Waals surface area (Å²) in [5, 5.41) is 7.84. The number of rotatable bonds is 7. The lowest BCUT2D eigenvalue weighted by Crippen LogP contribution is -2.14. The van der Waals surface area contributed by atoms with Crippen LogP contribution < -0.4 is 15.2 Å². The first-order chi connectivity index (χ1) is 13.9. The number of sulfonamides is 1. The first-order valence-corrected chi connectivity index (χ1v) is 11.2. The molecule has 0 fully saturated rings. The van der Waals surface area contributed by atoms with E-state index >= 15 is 0 Å². The molecule has 6 nitrogen and oxygen atoms in total. The zero-order chi connectivity index (χ0) is 20.9. The third-order valence-electron chi connectivity index (χ3n) is 4.12. The third kappa shape index (κ3) is 5.60. The summed E-state index contributed by atoms with van der Waals surface area (Å²) in [4.78, 5) is 13.7. The predicted molar refractivity (Wildman–Crippen MR) is 115 cm³/mol. The van der Waals surface area contributed by atoms with E-state index in [2.05, 4.69) is 5.32 Å². The number of thioether (sulfide) groups is 1. The van der Waals surface area contributed by atoms with Gasteiger partial charge in [0.1, 0.15) is 5.75 Å². The molecule has 0 aromatic heterocycles. The topological polar surface area (TPSA) is 98.5 Å². The van der Waals surface area contributed by atoms with Crippen LogP contribution in [0.2, 0.25) is 0 Å². The lowest BCUT2D eigenvalue weighted by molar-refractivity contribution is 0.102. The van der Waals surface area contributed by atoms with Crippen molar-refractivity contribution in [1.82, 2.24) is 0 Å². The highest BCUT2D eigenvalue weighted by atomic mass is 32.2. The molecule has 0 aliphatic rings. The molecule has 0 unspecified atom stereocenters. The van der Waals surface area contributed by atoms with Crippen molar-refractivity contribution in [2.75, 3.05) is 12.4 Å². The Labute approximate surface area is 174 Å². The van der Waals surface area contributed by atoms with Crippen LogP contribution in [0.15, 0.2) is 82.6 Å². The number of amides is 1. The Morgan fingerprint density at radius 1 is 1.03 bits per heavy atom. The Hall–Kier alpha value is -2.81. The van der Waals surface area contributed by atoms with E-state index in [4.69, 9.17) is 9.88 Å². The van der Waals surface area contributed by atoms with Crippen molar-refractivity contribution in [2.24, 2.45) is 5.14 Å². The summed E-state index contributed by atoms with van der Waals surface area (Å²) in [6.07, 6.45) is 0. The highest BCUT2D eigenvalue weighted by Crippen LogP contribution is 2.29. The van der Waals surface area contributed by atoms with Gasteiger partial charge in [-0.3, -0.25) is 4.79 Å². The van der Waals surface area contributed by atoms with Crippen molar-refractivity contribution < 1.29 is 17.9 Å². The normalized spacial score (nSPS) is 11.1. The Bertz CT molecular complexity index is 1100. The molecular formula is C21H20N2O4S2. The van der Waals surface area contributed by atoms with E-state index in [1.807, 2.05) is 30.3 Å². The van der Waals surface area contributed by atoms with Crippen LogP contribution in [0.5, 0.6) is 5.75 Å². The number of hydrogen-bond acceptors (Lipinski definition) is 5. The van der Waals surface area contributed by atoms with Crippen molar-refractivity contribution in [3.63, 3.8) is 0 Å². The summed E-state index contributed by atoms with van der Waals surface area (Å²) in [6, 6.07) is 20.9. The van der Waals surface area contributed by atoms with Crippen LogP contribution >= 0.6 is 11.8 Å². The largest absolute Gasteiger partial charge is 0.496 e. The average Bonchev–Trinajstić information content (AvgIpc) is 2.72. The van der Waals surface area contributed by atoms with E-state index in [9.17, 15) is 13.2 Å². The van der Waals surface area contributed by atoms with Crippen LogP contribution in [0.3, 0.4) is 0 Å². The second-order valence-corrected chi connectivity index (χ2v) is 8.76. The van der Waals surface area contributed by atoms with Crippen molar-refractivity contribution >= 4 is 33.4 Å². The molecule has 3 N–H and O–H groups in total. The molecule has 0 heterocycles. The fourth-order valence-electron chi connectivity index (χ4n) is 2.64. The number of nitrogens with two attached hydrogens (primary N) is 1. The molecule has 0 aliphatic heterocycles. The fraction of sp³-hybridized carbons (Fsp3) is 0.0952. The number of benzene rings is 3. The van der Waals surface area contributed by atoms with Crippen LogP contribution in [0, 0.1) is 0 Å². The Morgan fingerprint density at radius 2 is 1.72 bits per heavy atom. The van der Waals surface area contributed by atoms with Crippen molar-refractivity contribution in [3.05, 3.63) is 83.9 Å². The van der Waals surface area contributed by atoms with E-state index < -0.39 is 10.0 Å². The summed E-state index contributed by atoms with van der Waals surface area (Å²) in [7, 11) is -2.18. The maximum absolute atomic E-state index is 12.6. The number of anilines is 1. The number of ether oxygens (including phenoxy) is 1. The van der Waals surface area contributed by atoms with Crippen molar-refractivity contribution in [2.45, 2.75) is 15.5 Å². The molecule has 29 heavy (non-hydrogen) atoms. The van der Waals surface area contributed by atoms with Gasteiger partial charge in [-0.15, -0.1) is 11.8 Å². The molecule has 3 aromatic rings. The van der Waals surface area contributed by atoms with Crippen LogP contribution in [-0.2, 0) is 15.8 Å². The molecule has 0 radical (unpaired) electrons. The molecule has 0 aliphatic carbocycles. The highest BCUT2D eigenvalue weighted by Gasteiger charge is 2.12. The van der Waals surface area contributed by atoms with Gasteiger partial charge in [-0.1, -0.05) is 18.2 Å². The molecule has 0 atom stereocenters. The predicted octanol–water partition coefficient (Wildman–Crippen LogP) is 3.89. The van der Waals surface area contributed by atoms with Gasteiger partial charge in [0.25, 0.3) is 5.91 Å². The summed E-state index contributed by atoms with van der Waals surface area (Å²) in [5.74, 6) is 1.06. The minimum absolute atomic E-state index is 0.0137. The van der Waals surface area contributed by atoms with Gasteiger partial charge in [0, 0.05) is 27.5 Å². The highest BCUT2D eigenvalue weighted by molar-refractivity contribution is 7.98. The smallest absolute Gasteiger partial charge is 0.255 e. The van der Waals surface area contributed by atoms with E-state index in [0.29, 0.717) is 22.8 Å². The van der Waals surface area contributed by atoms with Crippen LogP contribution in [0.1, 0.15) is 15.9 Å². The molecule has 0 saturated heterocycles. The first kappa shape index (κ1) is 20.9. The van der Waals surface area contributed by atoms with Crippen LogP contribution in [0.4, 0.5) is 5.69 Å². The zero-order valence-electron chi connectivity index (χ0n) is 15.7. The Kier molecular flexibility index (Phi) is 6.58.